The van der Waals surface area contributed by atoms with Gasteiger partial charge in [-0.3, -0.25) is 9.89 Å². The fourth-order valence-corrected chi connectivity index (χ4v) is 2.23. The predicted octanol–water partition coefficient (Wildman–Crippen LogP) is 2.83. The van der Waals surface area contributed by atoms with Gasteiger partial charge in [-0.15, -0.1) is 0 Å². The summed E-state index contributed by atoms with van der Waals surface area (Å²) in [5.41, 5.74) is 1.67. The second kappa shape index (κ2) is 5.77. The maximum atomic E-state index is 12.5. The Hall–Kier alpha value is -3.02. The minimum Gasteiger partial charge on any atom is -0.497 e. The first-order chi connectivity index (χ1) is 10.7. The zero-order chi connectivity index (χ0) is 15.5. The number of carbonyl (C=O) groups excluding carboxylic acids is 1. The smallest absolute Gasteiger partial charge is 0.276 e. The molecule has 0 bridgehead atoms. The number of H-pyrrole nitrogens is 1. The van der Waals surface area contributed by atoms with E-state index in [0.29, 0.717) is 22.9 Å². The zero-order valence-corrected chi connectivity index (χ0v) is 12.2. The lowest BCUT2D eigenvalue weighted by Crippen LogP contribution is -2.13. The average molecular weight is 297 g/mol. The molecular formula is C16H15N3O3. The largest absolute Gasteiger partial charge is 0.497 e. The van der Waals surface area contributed by atoms with Crippen molar-refractivity contribution >= 4 is 22.5 Å². The molecule has 0 aliphatic heterocycles. The second-order valence-electron chi connectivity index (χ2n) is 4.64. The standard InChI is InChI=1S/C16H15N3O3/c1-21-10-7-8-14(22-2)13(9-10)17-16(20)15-11-5-3-4-6-12(11)18-19-15/h3-9H,1-2H3,(H,17,20)(H,18,19). The second-order valence-corrected chi connectivity index (χ2v) is 4.64. The molecule has 0 saturated heterocycles. The van der Waals surface area contributed by atoms with Gasteiger partial charge in [0, 0.05) is 11.5 Å². The lowest BCUT2D eigenvalue weighted by Gasteiger charge is -2.11. The van der Waals surface area contributed by atoms with Crippen LogP contribution in [0.5, 0.6) is 11.5 Å². The van der Waals surface area contributed by atoms with E-state index in [1.165, 1.54) is 0 Å². The predicted molar refractivity (Wildman–Crippen MR) is 83.6 cm³/mol. The monoisotopic (exact) mass is 297 g/mol. The van der Waals surface area contributed by atoms with Crippen LogP contribution in [0.1, 0.15) is 10.5 Å². The molecule has 2 N–H and O–H groups in total. The van der Waals surface area contributed by atoms with Crippen LogP contribution in [0.3, 0.4) is 0 Å². The molecule has 22 heavy (non-hydrogen) atoms. The molecule has 3 aromatic rings. The van der Waals surface area contributed by atoms with Gasteiger partial charge in [0.2, 0.25) is 0 Å². The third-order valence-corrected chi connectivity index (χ3v) is 3.34. The van der Waals surface area contributed by atoms with Crippen LogP contribution in [0, 0.1) is 0 Å². The van der Waals surface area contributed by atoms with Crippen LogP contribution in [-0.4, -0.2) is 30.3 Å². The highest BCUT2D eigenvalue weighted by Crippen LogP contribution is 2.29. The van der Waals surface area contributed by atoms with Crippen LogP contribution in [0.15, 0.2) is 42.5 Å². The molecule has 0 saturated carbocycles. The Morgan fingerprint density at radius 3 is 2.73 bits per heavy atom. The summed E-state index contributed by atoms with van der Waals surface area (Å²) in [5.74, 6) is 0.862. The van der Waals surface area contributed by atoms with Crippen molar-refractivity contribution in [3.05, 3.63) is 48.2 Å². The van der Waals surface area contributed by atoms with Gasteiger partial charge in [0.1, 0.15) is 11.5 Å². The molecule has 0 aliphatic carbocycles. The van der Waals surface area contributed by atoms with Gasteiger partial charge in [0.15, 0.2) is 5.69 Å². The number of para-hydroxylation sites is 1. The van der Waals surface area contributed by atoms with Gasteiger partial charge >= 0.3 is 0 Å². The first kappa shape index (κ1) is 13.9. The van der Waals surface area contributed by atoms with Crippen molar-refractivity contribution in [2.75, 3.05) is 19.5 Å². The molecule has 0 spiro atoms. The molecule has 0 radical (unpaired) electrons. The van der Waals surface area contributed by atoms with Gasteiger partial charge in [-0.2, -0.15) is 5.10 Å². The summed E-state index contributed by atoms with van der Waals surface area (Å²) in [6.45, 7) is 0. The topological polar surface area (TPSA) is 76.2 Å². The molecule has 6 heteroatoms. The highest BCUT2D eigenvalue weighted by Gasteiger charge is 2.16. The number of aromatic nitrogens is 2. The fraction of sp³-hybridized carbons (Fsp3) is 0.125. The highest BCUT2D eigenvalue weighted by atomic mass is 16.5. The number of benzene rings is 2. The number of aromatic amines is 1. The number of hydrogen-bond acceptors (Lipinski definition) is 4. The van der Waals surface area contributed by atoms with Crippen molar-refractivity contribution in [1.82, 2.24) is 10.2 Å². The Morgan fingerprint density at radius 1 is 1.14 bits per heavy atom. The van der Waals surface area contributed by atoms with E-state index >= 15 is 0 Å². The van der Waals surface area contributed by atoms with E-state index in [9.17, 15) is 4.79 Å². The summed E-state index contributed by atoms with van der Waals surface area (Å²) in [6.07, 6.45) is 0. The van der Waals surface area contributed by atoms with E-state index in [1.54, 1.807) is 32.4 Å². The molecule has 0 fully saturated rings. The SMILES string of the molecule is COc1ccc(OC)c(NC(=O)c2n[nH]c3ccccc23)c1. The first-order valence-electron chi connectivity index (χ1n) is 6.69. The minimum absolute atomic E-state index is 0.316. The van der Waals surface area contributed by atoms with Crippen LogP contribution >= 0.6 is 0 Å². The molecule has 2 aromatic carbocycles. The van der Waals surface area contributed by atoms with Crippen LogP contribution < -0.4 is 14.8 Å². The number of carbonyl (C=O) groups is 1. The molecule has 1 aromatic heterocycles. The Balaban J connectivity index is 1.94. The average Bonchev–Trinajstić information content (AvgIpc) is 2.99. The van der Waals surface area contributed by atoms with E-state index in [2.05, 4.69) is 15.5 Å². The molecular weight excluding hydrogens is 282 g/mol. The summed E-state index contributed by atoms with van der Waals surface area (Å²) in [6, 6.07) is 12.6. The number of nitrogens with zero attached hydrogens (tertiary/aromatic N) is 1. The third-order valence-electron chi connectivity index (χ3n) is 3.34. The molecule has 1 amide bonds. The van der Waals surface area contributed by atoms with Crippen molar-refractivity contribution < 1.29 is 14.3 Å². The first-order valence-corrected chi connectivity index (χ1v) is 6.69. The van der Waals surface area contributed by atoms with Gasteiger partial charge < -0.3 is 14.8 Å². The van der Waals surface area contributed by atoms with Crippen LogP contribution in [0.2, 0.25) is 0 Å². The van der Waals surface area contributed by atoms with Crippen molar-refractivity contribution in [2.45, 2.75) is 0 Å². The summed E-state index contributed by atoms with van der Waals surface area (Å²) in [5, 5.41) is 10.5. The number of anilines is 1. The lowest BCUT2D eigenvalue weighted by molar-refractivity contribution is 0.102. The van der Waals surface area contributed by atoms with Gasteiger partial charge in [-0.1, -0.05) is 18.2 Å². The van der Waals surface area contributed by atoms with Crippen LogP contribution in [-0.2, 0) is 0 Å². The van der Waals surface area contributed by atoms with E-state index in [-0.39, 0.29) is 5.91 Å². The van der Waals surface area contributed by atoms with E-state index < -0.39 is 0 Å². The number of hydrogen-bond donors (Lipinski definition) is 2. The van der Waals surface area contributed by atoms with Crippen molar-refractivity contribution in [1.29, 1.82) is 0 Å². The molecule has 0 atom stereocenters. The lowest BCUT2D eigenvalue weighted by atomic mass is 10.2. The van der Waals surface area contributed by atoms with Gasteiger partial charge in [-0.05, 0) is 18.2 Å². The van der Waals surface area contributed by atoms with Crippen LogP contribution in [0.25, 0.3) is 10.9 Å². The number of ether oxygens (including phenoxy) is 2. The maximum absolute atomic E-state index is 12.5. The number of fused-ring (bicyclic) bond motifs is 1. The molecule has 1 heterocycles. The van der Waals surface area contributed by atoms with Gasteiger partial charge in [0.25, 0.3) is 5.91 Å². The molecule has 6 nitrogen and oxygen atoms in total. The summed E-state index contributed by atoms with van der Waals surface area (Å²) in [4.78, 5) is 12.5. The number of amides is 1. The van der Waals surface area contributed by atoms with Crippen molar-refractivity contribution in [3.8, 4) is 11.5 Å². The third kappa shape index (κ3) is 2.46. The number of nitrogens with one attached hydrogen (secondary N) is 2. The minimum atomic E-state index is -0.316. The number of rotatable bonds is 4. The molecule has 3 rings (SSSR count). The van der Waals surface area contributed by atoms with E-state index in [1.807, 2.05) is 24.3 Å². The van der Waals surface area contributed by atoms with Crippen molar-refractivity contribution in [3.63, 3.8) is 0 Å². The molecule has 112 valence electrons. The van der Waals surface area contributed by atoms with Crippen LogP contribution in [0.4, 0.5) is 5.69 Å². The zero-order valence-electron chi connectivity index (χ0n) is 12.2. The van der Waals surface area contributed by atoms with Gasteiger partial charge in [-0.25, -0.2) is 0 Å². The Kier molecular flexibility index (Phi) is 3.65. The summed E-state index contributed by atoms with van der Waals surface area (Å²) >= 11 is 0. The summed E-state index contributed by atoms with van der Waals surface area (Å²) < 4.78 is 10.4. The summed E-state index contributed by atoms with van der Waals surface area (Å²) in [7, 11) is 3.11. The Labute approximate surface area is 127 Å². The number of methoxy groups -OCH3 is 2. The quantitative estimate of drug-likeness (QED) is 0.776. The molecule has 0 aliphatic rings. The Morgan fingerprint density at radius 2 is 1.95 bits per heavy atom. The van der Waals surface area contributed by atoms with E-state index in [0.717, 1.165) is 10.9 Å². The maximum Gasteiger partial charge on any atom is 0.276 e. The highest BCUT2D eigenvalue weighted by molar-refractivity contribution is 6.11. The fourth-order valence-electron chi connectivity index (χ4n) is 2.23. The molecule has 0 unspecified atom stereocenters. The van der Waals surface area contributed by atoms with E-state index in [4.69, 9.17) is 9.47 Å². The van der Waals surface area contributed by atoms with Gasteiger partial charge in [0.05, 0.1) is 25.4 Å². The normalized spacial score (nSPS) is 10.5. The van der Waals surface area contributed by atoms with Crippen molar-refractivity contribution in [2.24, 2.45) is 0 Å². The Bertz CT molecular complexity index is 826.